The summed E-state index contributed by atoms with van der Waals surface area (Å²) in [4.78, 5) is 25.1. The number of ketones is 1. The van der Waals surface area contributed by atoms with Crippen LogP contribution in [0.3, 0.4) is 0 Å². The lowest BCUT2D eigenvalue weighted by Crippen LogP contribution is -2.57. The molecule has 1 N–H and O–H groups in total. The van der Waals surface area contributed by atoms with E-state index < -0.39 is 11.4 Å². The second-order valence-corrected chi connectivity index (χ2v) is 11.7. The van der Waals surface area contributed by atoms with Crippen molar-refractivity contribution in [1.82, 2.24) is 0 Å². The first kappa shape index (κ1) is 28.5. The molecule has 3 aliphatic rings. The van der Waals surface area contributed by atoms with E-state index in [9.17, 15) is 14.7 Å². The lowest BCUT2D eigenvalue weighted by Gasteiger charge is -2.51. The molecule has 0 aromatic carbocycles. The number of aliphatic hydroxyl groups excluding tert-OH is 1. The molecule has 1 unspecified atom stereocenters. The molecule has 0 aromatic rings. The molecule has 3 rings (SSSR count). The number of carbonyl (C=O) groups excluding carboxylic acids is 2. The van der Waals surface area contributed by atoms with Gasteiger partial charge in [-0.2, -0.15) is 0 Å². The molecule has 0 aromatic heterocycles. The molecule has 5 atom stereocenters. The van der Waals surface area contributed by atoms with Gasteiger partial charge in [0.2, 0.25) is 0 Å². The Hall–Kier alpha value is -2.02. The highest BCUT2D eigenvalue weighted by Gasteiger charge is 2.53. The maximum absolute atomic E-state index is 12.7. The normalized spacial score (nSPS) is 32.6. The largest absolute Gasteiger partial charge is 0.459 e. The van der Waals surface area contributed by atoms with Crippen LogP contribution in [-0.2, 0) is 23.8 Å². The Balaban J connectivity index is 1.94. The number of carbonyl (C=O) groups is 2. The molecule has 200 valence electrons. The smallest absolute Gasteiger partial charge is 0.306 e. The van der Waals surface area contributed by atoms with E-state index in [1.165, 1.54) is 11.1 Å². The molecule has 1 fully saturated rings. The summed E-state index contributed by atoms with van der Waals surface area (Å²) in [5.41, 5.74) is 3.09. The van der Waals surface area contributed by atoms with Crippen molar-refractivity contribution in [1.29, 1.82) is 0 Å². The summed E-state index contributed by atoms with van der Waals surface area (Å²) in [6.07, 6.45) is 10.7. The molecule has 0 bridgehead atoms. The Morgan fingerprint density at radius 3 is 2.64 bits per heavy atom. The van der Waals surface area contributed by atoms with Crippen LogP contribution in [-0.4, -0.2) is 47.1 Å². The summed E-state index contributed by atoms with van der Waals surface area (Å²) in [5, 5.41) is 10.2. The lowest BCUT2D eigenvalue weighted by molar-refractivity contribution is -0.297. The number of ether oxygens (including phenoxy) is 3. The van der Waals surface area contributed by atoms with E-state index in [1.54, 1.807) is 6.92 Å². The summed E-state index contributed by atoms with van der Waals surface area (Å²) in [7, 11) is 0. The molecular formula is C30H44O6. The second-order valence-electron chi connectivity index (χ2n) is 11.7. The van der Waals surface area contributed by atoms with Gasteiger partial charge in [-0.1, -0.05) is 37.1 Å². The summed E-state index contributed by atoms with van der Waals surface area (Å²) in [5.74, 6) is -1.34. The number of Topliss-reactive ketones (excluding diaryl/α,β-unsaturated/α-hetero) is 1. The molecule has 6 nitrogen and oxygen atoms in total. The van der Waals surface area contributed by atoms with Crippen molar-refractivity contribution in [2.45, 2.75) is 111 Å². The van der Waals surface area contributed by atoms with Crippen LogP contribution < -0.4 is 0 Å². The molecule has 36 heavy (non-hydrogen) atoms. The second kappa shape index (κ2) is 11.6. The zero-order chi connectivity index (χ0) is 26.7. The fourth-order valence-electron chi connectivity index (χ4n) is 5.53. The highest BCUT2D eigenvalue weighted by atomic mass is 16.7. The predicted molar refractivity (Wildman–Crippen MR) is 140 cm³/mol. The molecule has 0 amide bonds. The van der Waals surface area contributed by atoms with Crippen LogP contribution in [0.1, 0.15) is 87.0 Å². The van der Waals surface area contributed by atoms with Crippen molar-refractivity contribution >= 4 is 11.8 Å². The van der Waals surface area contributed by atoms with E-state index in [0.29, 0.717) is 31.3 Å². The first-order valence-electron chi connectivity index (χ1n) is 13.3. The van der Waals surface area contributed by atoms with E-state index in [2.05, 4.69) is 32.9 Å². The Labute approximate surface area is 216 Å². The van der Waals surface area contributed by atoms with Gasteiger partial charge in [0, 0.05) is 31.6 Å². The summed E-state index contributed by atoms with van der Waals surface area (Å²) < 4.78 is 19.3. The molecule has 2 aliphatic heterocycles. The van der Waals surface area contributed by atoms with Crippen molar-refractivity contribution in [3.8, 4) is 0 Å². The van der Waals surface area contributed by atoms with Crippen molar-refractivity contribution in [2.24, 2.45) is 11.8 Å². The maximum atomic E-state index is 12.7. The maximum Gasteiger partial charge on any atom is 0.306 e. The highest BCUT2D eigenvalue weighted by Crippen LogP contribution is 2.47. The number of allylic oxidation sites excluding steroid dienone is 4. The van der Waals surface area contributed by atoms with Gasteiger partial charge in [0.15, 0.2) is 11.6 Å². The number of hydrogen-bond donors (Lipinski definition) is 1. The van der Waals surface area contributed by atoms with Gasteiger partial charge in [-0.05, 0) is 76.7 Å². The van der Waals surface area contributed by atoms with Crippen LogP contribution in [0.25, 0.3) is 0 Å². The van der Waals surface area contributed by atoms with Gasteiger partial charge < -0.3 is 19.3 Å². The van der Waals surface area contributed by atoms with E-state index >= 15 is 0 Å². The number of aliphatic hydroxyl groups is 1. The zero-order valence-corrected chi connectivity index (χ0v) is 23.1. The molecular weight excluding hydrogens is 456 g/mol. The summed E-state index contributed by atoms with van der Waals surface area (Å²) >= 11 is 0. The van der Waals surface area contributed by atoms with Gasteiger partial charge >= 0.3 is 5.97 Å². The number of esters is 1. The fourth-order valence-corrected chi connectivity index (χ4v) is 5.53. The number of rotatable bonds is 8. The van der Waals surface area contributed by atoms with E-state index in [1.807, 2.05) is 32.9 Å². The van der Waals surface area contributed by atoms with Crippen molar-refractivity contribution in [2.75, 3.05) is 6.61 Å². The van der Waals surface area contributed by atoms with Gasteiger partial charge in [-0.25, -0.2) is 0 Å². The monoisotopic (exact) mass is 500 g/mol. The van der Waals surface area contributed by atoms with E-state index in [4.69, 9.17) is 14.2 Å². The fraction of sp³-hybridized carbons (Fsp3) is 0.667. The third kappa shape index (κ3) is 7.27. The average Bonchev–Trinajstić information content (AvgIpc) is 2.72. The van der Waals surface area contributed by atoms with Crippen LogP contribution in [0.15, 0.2) is 46.6 Å². The van der Waals surface area contributed by atoms with Crippen molar-refractivity contribution < 1.29 is 28.9 Å². The summed E-state index contributed by atoms with van der Waals surface area (Å²) in [6.45, 7) is 13.8. The van der Waals surface area contributed by atoms with Gasteiger partial charge in [-0.15, -0.1) is 0 Å². The van der Waals surface area contributed by atoms with Crippen LogP contribution in [0, 0.1) is 11.8 Å². The highest BCUT2D eigenvalue weighted by molar-refractivity contribution is 5.96. The molecule has 1 spiro atoms. The molecule has 6 heteroatoms. The minimum absolute atomic E-state index is 0.0694. The van der Waals surface area contributed by atoms with E-state index in [0.717, 1.165) is 18.4 Å². The molecule has 0 saturated carbocycles. The van der Waals surface area contributed by atoms with E-state index in [-0.39, 0.29) is 42.4 Å². The van der Waals surface area contributed by atoms with Crippen LogP contribution in [0.4, 0.5) is 0 Å². The molecule has 1 saturated heterocycles. The Morgan fingerprint density at radius 2 is 2.00 bits per heavy atom. The predicted octanol–water partition coefficient (Wildman–Crippen LogP) is 5.76. The van der Waals surface area contributed by atoms with Gasteiger partial charge in [0.1, 0.15) is 5.60 Å². The molecule has 2 heterocycles. The Bertz CT molecular complexity index is 966. The average molecular weight is 501 g/mol. The first-order chi connectivity index (χ1) is 16.8. The van der Waals surface area contributed by atoms with Crippen molar-refractivity contribution in [3.05, 3.63) is 46.6 Å². The zero-order valence-electron chi connectivity index (χ0n) is 23.1. The first-order valence-corrected chi connectivity index (χ1v) is 13.3. The minimum Gasteiger partial charge on any atom is -0.459 e. The number of fused-ring (bicyclic) bond motifs is 1. The molecule has 1 aliphatic carbocycles. The topological polar surface area (TPSA) is 82.1 Å². The Kier molecular flexibility index (Phi) is 9.18. The lowest BCUT2D eigenvalue weighted by atomic mass is 9.77. The standard InChI is InChI=1S/C30H44O6/c1-19(2)9-8-10-21(5)12-24-16-29(7,36-28(33)11-20(3)4)18-30(34-24)15-23(17-31)25-14-26(32)22(6)13-27(25)35-30/h9,12-13,15,20,24-25,27,31H,8,10-11,14,16-18H2,1-7H3/b21-12+/t24-,25-,27-,29?,30-/m1/s1. The van der Waals surface area contributed by atoms with Gasteiger partial charge in [0.25, 0.3) is 0 Å². The SMILES string of the molecule is CC(C)=CCC/C(C)=C/[C@@H]1CC(C)(OC(=O)CC(C)C)C[C@]2(C=C(CO)[C@H]3CC(=O)C(C)=C[C@H]3O2)O1. The van der Waals surface area contributed by atoms with Gasteiger partial charge in [0.05, 0.1) is 18.8 Å². The van der Waals surface area contributed by atoms with Gasteiger partial charge in [-0.3, -0.25) is 9.59 Å². The van der Waals surface area contributed by atoms with Crippen LogP contribution >= 0.6 is 0 Å². The molecule has 0 radical (unpaired) electrons. The quantitative estimate of drug-likeness (QED) is 0.337. The third-order valence-electron chi connectivity index (χ3n) is 7.16. The third-order valence-corrected chi connectivity index (χ3v) is 7.16. The number of hydrogen-bond acceptors (Lipinski definition) is 6. The van der Waals surface area contributed by atoms with Crippen molar-refractivity contribution in [3.63, 3.8) is 0 Å². The summed E-state index contributed by atoms with van der Waals surface area (Å²) in [6, 6.07) is 0. The van der Waals surface area contributed by atoms with Crippen LogP contribution in [0.5, 0.6) is 0 Å². The Morgan fingerprint density at radius 1 is 1.28 bits per heavy atom. The minimum atomic E-state index is -1.16. The van der Waals surface area contributed by atoms with Crippen LogP contribution in [0.2, 0.25) is 0 Å².